The highest BCUT2D eigenvalue weighted by Crippen LogP contribution is 2.24. The number of esters is 1. The zero-order chi connectivity index (χ0) is 18.1. The van der Waals surface area contributed by atoms with Crippen molar-refractivity contribution >= 4 is 40.1 Å². The fourth-order valence-electron chi connectivity index (χ4n) is 2.75. The zero-order valence-corrected chi connectivity index (χ0v) is 14.8. The summed E-state index contributed by atoms with van der Waals surface area (Å²) in [6.45, 7) is 1.81. The number of aryl methyl sites for hydroxylation is 2. The summed E-state index contributed by atoms with van der Waals surface area (Å²) in [6, 6.07) is 12.4. The van der Waals surface area contributed by atoms with Gasteiger partial charge in [-0.05, 0) is 42.8 Å². The molecule has 128 valence electrons. The van der Waals surface area contributed by atoms with E-state index in [2.05, 4.69) is 5.32 Å². The van der Waals surface area contributed by atoms with Crippen LogP contribution >= 0.6 is 11.6 Å². The van der Waals surface area contributed by atoms with Gasteiger partial charge in [-0.15, -0.1) is 0 Å². The first-order chi connectivity index (χ1) is 11.9. The molecule has 0 aliphatic carbocycles. The number of methoxy groups -OCH3 is 1. The van der Waals surface area contributed by atoms with E-state index in [1.54, 1.807) is 34.9 Å². The van der Waals surface area contributed by atoms with Crippen molar-refractivity contribution in [2.24, 2.45) is 7.05 Å². The van der Waals surface area contributed by atoms with Crippen molar-refractivity contribution in [1.29, 1.82) is 0 Å². The van der Waals surface area contributed by atoms with E-state index in [1.807, 2.05) is 26.1 Å². The van der Waals surface area contributed by atoms with Gasteiger partial charge in [0.1, 0.15) is 5.69 Å². The van der Waals surface area contributed by atoms with E-state index >= 15 is 0 Å². The van der Waals surface area contributed by atoms with Crippen molar-refractivity contribution in [1.82, 2.24) is 4.57 Å². The second-order valence-electron chi connectivity index (χ2n) is 5.77. The number of nitrogens with zero attached hydrogens (tertiary/aromatic N) is 1. The molecule has 3 aromatic rings. The maximum atomic E-state index is 12.6. The number of nitrogens with one attached hydrogen (secondary N) is 1. The number of ether oxygens (including phenoxy) is 1. The normalized spacial score (nSPS) is 10.7. The van der Waals surface area contributed by atoms with Crippen molar-refractivity contribution in [3.8, 4) is 0 Å². The fourth-order valence-corrected chi connectivity index (χ4v) is 2.91. The summed E-state index contributed by atoms with van der Waals surface area (Å²) < 4.78 is 6.55. The van der Waals surface area contributed by atoms with Gasteiger partial charge in [0.25, 0.3) is 5.91 Å². The van der Waals surface area contributed by atoms with Crippen LogP contribution in [0.4, 0.5) is 5.69 Å². The average Bonchev–Trinajstić information content (AvgIpc) is 2.92. The Balaban J connectivity index is 1.93. The lowest BCUT2D eigenvalue weighted by Crippen LogP contribution is -2.16. The van der Waals surface area contributed by atoms with Crippen molar-refractivity contribution in [2.75, 3.05) is 12.4 Å². The number of fused-ring (bicyclic) bond motifs is 1. The number of amides is 1. The Morgan fingerprint density at radius 3 is 2.60 bits per heavy atom. The molecule has 25 heavy (non-hydrogen) atoms. The first kappa shape index (κ1) is 17.0. The Labute approximate surface area is 150 Å². The first-order valence-corrected chi connectivity index (χ1v) is 8.04. The van der Waals surface area contributed by atoms with E-state index in [0.29, 0.717) is 22.0 Å². The topological polar surface area (TPSA) is 60.3 Å². The number of aromatic nitrogens is 1. The number of benzene rings is 2. The smallest absolute Gasteiger partial charge is 0.338 e. The number of rotatable bonds is 3. The second kappa shape index (κ2) is 6.61. The summed E-state index contributed by atoms with van der Waals surface area (Å²) >= 11 is 6.03. The minimum atomic E-state index is -0.437. The zero-order valence-electron chi connectivity index (χ0n) is 14.1. The lowest BCUT2D eigenvalue weighted by molar-refractivity contribution is 0.0599. The summed E-state index contributed by atoms with van der Waals surface area (Å²) in [5, 5.41) is 4.36. The predicted molar refractivity (Wildman–Crippen MR) is 98.4 cm³/mol. The summed E-state index contributed by atoms with van der Waals surface area (Å²) in [4.78, 5) is 24.4. The molecule has 0 bridgehead atoms. The largest absolute Gasteiger partial charge is 0.465 e. The molecule has 1 heterocycles. The number of carbonyl (C=O) groups excluding carboxylic acids is 2. The molecule has 2 aromatic carbocycles. The van der Waals surface area contributed by atoms with Crippen LogP contribution in [0.2, 0.25) is 5.02 Å². The predicted octanol–water partition coefficient (Wildman–Crippen LogP) is 4.18. The first-order valence-electron chi connectivity index (χ1n) is 7.66. The molecule has 0 unspecified atom stereocenters. The number of hydrogen-bond acceptors (Lipinski definition) is 3. The summed E-state index contributed by atoms with van der Waals surface area (Å²) in [5.74, 6) is -0.706. The van der Waals surface area contributed by atoms with Crippen LogP contribution in [0.5, 0.6) is 0 Å². The molecular weight excluding hydrogens is 340 g/mol. The highest BCUT2D eigenvalue weighted by atomic mass is 35.5. The van der Waals surface area contributed by atoms with Gasteiger partial charge in [0.05, 0.1) is 12.7 Å². The van der Waals surface area contributed by atoms with E-state index in [-0.39, 0.29) is 5.91 Å². The minimum absolute atomic E-state index is 0.269. The van der Waals surface area contributed by atoms with Gasteiger partial charge in [-0.3, -0.25) is 4.79 Å². The van der Waals surface area contributed by atoms with Gasteiger partial charge in [-0.25, -0.2) is 4.79 Å². The van der Waals surface area contributed by atoms with Gasteiger partial charge in [0, 0.05) is 28.7 Å². The molecule has 0 saturated carbocycles. The average molecular weight is 357 g/mol. The van der Waals surface area contributed by atoms with Gasteiger partial charge in [-0.2, -0.15) is 0 Å². The van der Waals surface area contributed by atoms with Gasteiger partial charge in [0.2, 0.25) is 0 Å². The van der Waals surface area contributed by atoms with Crippen LogP contribution < -0.4 is 5.32 Å². The molecule has 6 heteroatoms. The summed E-state index contributed by atoms with van der Waals surface area (Å²) in [7, 11) is 3.14. The SMILES string of the molecule is COC(=O)c1cc(NC(=O)c2cc3ccc(Cl)cc3n2C)ccc1C. The molecule has 3 rings (SSSR count). The maximum absolute atomic E-state index is 12.6. The van der Waals surface area contributed by atoms with Crippen LogP contribution in [0, 0.1) is 6.92 Å². The number of halogens is 1. The van der Waals surface area contributed by atoms with Crippen molar-refractivity contribution < 1.29 is 14.3 Å². The van der Waals surface area contributed by atoms with Gasteiger partial charge >= 0.3 is 5.97 Å². The van der Waals surface area contributed by atoms with E-state index < -0.39 is 5.97 Å². The van der Waals surface area contributed by atoms with Crippen molar-refractivity contribution in [2.45, 2.75) is 6.92 Å². The third-order valence-corrected chi connectivity index (χ3v) is 4.38. The van der Waals surface area contributed by atoms with Crippen LogP contribution in [0.1, 0.15) is 26.4 Å². The van der Waals surface area contributed by atoms with Gasteiger partial charge in [-0.1, -0.05) is 23.7 Å². The Morgan fingerprint density at radius 2 is 1.88 bits per heavy atom. The minimum Gasteiger partial charge on any atom is -0.465 e. The van der Waals surface area contributed by atoms with E-state index in [4.69, 9.17) is 16.3 Å². The van der Waals surface area contributed by atoms with Crippen molar-refractivity contribution in [3.05, 3.63) is 64.3 Å². The number of anilines is 1. The highest BCUT2D eigenvalue weighted by Gasteiger charge is 2.15. The third-order valence-electron chi connectivity index (χ3n) is 4.14. The molecule has 1 aromatic heterocycles. The molecule has 0 aliphatic heterocycles. The lowest BCUT2D eigenvalue weighted by Gasteiger charge is -2.09. The van der Waals surface area contributed by atoms with E-state index in [9.17, 15) is 9.59 Å². The van der Waals surface area contributed by atoms with Crippen LogP contribution in [0.3, 0.4) is 0 Å². The van der Waals surface area contributed by atoms with Gasteiger partial charge in [0.15, 0.2) is 0 Å². The fraction of sp³-hybridized carbons (Fsp3) is 0.158. The summed E-state index contributed by atoms with van der Waals surface area (Å²) in [5.41, 5.74) is 3.10. The molecule has 1 amide bonds. The molecule has 0 spiro atoms. The Morgan fingerprint density at radius 1 is 1.12 bits per heavy atom. The second-order valence-corrected chi connectivity index (χ2v) is 6.20. The molecular formula is C19H17ClN2O3. The molecule has 0 aliphatic rings. The molecule has 0 fully saturated rings. The Bertz CT molecular complexity index is 992. The molecule has 0 atom stereocenters. The molecule has 0 saturated heterocycles. The van der Waals surface area contributed by atoms with Gasteiger partial charge < -0.3 is 14.6 Å². The maximum Gasteiger partial charge on any atom is 0.338 e. The standard InChI is InChI=1S/C19H17ClN2O3/c1-11-4-7-14(10-15(11)19(24)25-3)21-18(23)17-8-12-5-6-13(20)9-16(12)22(17)2/h4-10H,1-3H3,(H,21,23). The number of carbonyl (C=O) groups is 2. The van der Waals surface area contributed by atoms with Crippen LogP contribution in [-0.2, 0) is 11.8 Å². The Hall–Kier alpha value is -2.79. The quantitative estimate of drug-likeness (QED) is 0.716. The van der Waals surface area contributed by atoms with Crippen LogP contribution in [0.25, 0.3) is 10.9 Å². The van der Waals surface area contributed by atoms with Crippen LogP contribution in [0.15, 0.2) is 42.5 Å². The Kier molecular flexibility index (Phi) is 4.51. The van der Waals surface area contributed by atoms with E-state index in [0.717, 1.165) is 16.5 Å². The molecule has 1 N–H and O–H groups in total. The summed E-state index contributed by atoms with van der Waals surface area (Å²) in [6.07, 6.45) is 0. The highest BCUT2D eigenvalue weighted by molar-refractivity contribution is 6.31. The van der Waals surface area contributed by atoms with Crippen molar-refractivity contribution in [3.63, 3.8) is 0 Å². The molecule has 5 nitrogen and oxygen atoms in total. The molecule has 0 radical (unpaired) electrons. The lowest BCUT2D eigenvalue weighted by atomic mass is 10.1. The van der Waals surface area contributed by atoms with E-state index in [1.165, 1.54) is 7.11 Å². The number of hydrogen-bond donors (Lipinski definition) is 1. The third kappa shape index (κ3) is 3.23. The van der Waals surface area contributed by atoms with Crippen LogP contribution in [-0.4, -0.2) is 23.6 Å². The monoisotopic (exact) mass is 356 g/mol.